The fourth-order valence-electron chi connectivity index (χ4n) is 3.72. The first kappa shape index (κ1) is 20.6. The van der Waals surface area contributed by atoms with Gasteiger partial charge in [-0.1, -0.05) is 17.7 Å². The number of rotatable bonds is 5. The molecule has 1 aliphatic rings. The smallest absolute Gasteiger partial charge is 0.247 e. The summed E-state index contributed by atoms with van der Waals surface area (Å²) >= 11 is 0. The molecule has 0 atom stereocenters. The van der Waals surface area contributed by atoms with Crippen LogP contribution >= 0.6 is 0 Å². The topological polar surface area (TPSA) is 85.5 Å². The summed E-state index contributed by atoms with van der Waals surface area (Å²) in [6.45, 7) is 4.70. The molecule has 0 aliphatic carbocycles. The summed E-state index contributed by atoms with van der Waals surface area (Å²) in [4.78, 5) is 0.290. The molecule has 1 aromatic heterocycles. The Morgan fingerprint density at radius 2 is 1.73 bits per heavy atom. The molecule has 0 N–H and O–H groups in total. The van der Waals surface area contributed by atoms with E-state index in [0.29, 0.717) is 48.4 Å². The van der Waals surface area contributed by atoms with Crippen molar-refractivity contribution in [1.29, 1.82) is 0 Å². The maximum Gasteiger partial charge on any atom is 0.247 e. The highest BCUT2D eigenvalue weighted by atomic mass is 32.2. The normalized spacial score (nSPS) is 16.0. The average Bonchev–Trinajstić information content (AvgIpc) is 3.24. The molecule has 8 heteroatoms. The lowest BCUT2D eigenvalue weighted by Crippen LogP contribution is -2.38. The Labute approximate surface area is 176 Å². The molecule has 2 heterocycles. The van der Waals surface area contributed by atoms with E-state index in [2.05, 4.69) is 10.2 Å². The average molecular weight is 428 g/mol. The largest absolute Gasteiger partial charge is 0.496 e. The summed E-state index contributed by atoms with van der Waals surface area (Å²) in [6, 6.07) is 12.9. The second-order valence-corrected chi connectivity index (χ2v) is 9.56. The standard InChI is InChI=1S/C22H25N3O4S/c1-15-4-6-17(7-5-15)21-23-24-22(29-21)18-10-12-25(13-11-18)30(26,27)19-8-9-20(28-3)16(2)14-19/h4-9,14,18H,10-13H2,1-3H3. The van der Waals surface area contributed by atoms with Gasteiger partial charge in [-0.2, -0.15) is 4.31 Å². The van der Waals surface area contributed by atoms with Crippen molar-refractivity contribution in [2.75, 3.05) is 20.2 Å². The zero-order valence-corrected chi connectivity index (χ0v) is 18.1. The number of ether oxygens (including phenoxy) is 1. The zero-order chi connectivity index (χ0) is 21.3. The monoisotopic (exact) mass is 427 g/mol. The number of benzene rings is 2. The Kier molecular flexibility index (Phi) is 5.62. The second kappa shape index (κ2) is 8.20. The van der Waals surface area contributed by atoms with Crippen LogP contribution in [0.2, 0.25) is 0 Å². The van der Waals surface area contributed by atoms with Gasteiger partial charge < -0.3 is 9.15 Å². The Bertz CT molecular complexity index is 1130. The van der Waals surface area contributed by atoms with Gasteiger partial charge in [0.15, 0.2) is 0 Å². The van der Waals surface area contributed by atoms with E-state index in [4.69, 9.17) is 9.15 Å². The van der Waals surface area contributed by atoms with Gasteiger partial charge in [0.2, 0.25) is 21.8 Å². The van der Waals surface area contributed by atoms with E-state index >= 15 is 0 Å². The molecule has 4 rings (SSSR count). The molecule has 1 aliphatic heterocycles. The molecular formula is C22H25N3O4S. The molecule has 30 heavy (non-hydrogen) atoms. The molecule has 0 unspecified atom stereocenters. The summed E-state index contributed by atoms with van der Waals surface area (Å²) in [7, 11) is -1.97. The first-order valence-corrected chi connectivity index (χ1v) is 11.4. The lowest BCUT2D eigenvalue weighted by molar-refractivity contribution is 0.291. The first-order chi connectivity index (χ1) is 14.4. The molecule has 0 bridgehead atoms. The minimum Gasteiger partial charge on any atom is -0.496 e. The summed E-state index contributed by atoms with van der Waals surface area (Å²) in [5.74, 6) is 1.80. The third-order valence-corrected chi connectivity index (χ3v) is 7.44. The van der Waals surface area contributed by atoms with E-state index in [9.17, 15) is 8.42 Å². The van der Waals surface area contributed by atoms with Crippen LogP contribution in [0.15, 0.2) is 51.8 Å². The number of aryl methyl sites for hydroxylation is 2. The molecular weight excluding hydrogens is 402 g/mol. The second-order valence-electron chi connectivity index (χ2n) is 7.62. The van der Waals surface area contributed by atoms with E-state index in [1.807, 2.05) is 38.1 Å². The van der Waals surface area contributed by atoms with Crippen molar-refractivity contribution in [1.82, 2.24) is 14.5 Å². The highest BCUT2D eigenvalue weighted by molar-refractivity contribution is 7.89. The van der Waals surface area contributed by atoms with E-state index < -0.39 is 10.0 Å². The fraction of sp³-hybridized carbons (Fsp3) is 0.364. The molecule has 1 saturated heterocycles. The molecule has 0 spiro atoms. The predicted molar refractivity (Wildman–Crippen MR) is 113 cm³/mol. The molecule has 0 radical (unpaired) electrons. The van der Waals surface area contributed by atoms with E-state index in [-0.39, 0.29) is 5.92 Å². The van der Waals surface area contributed by atoms with Gasteiger partial charge in [0.25, 0.3) is 0 Å². The van der Waals surface area contributed by atoms with Crippen molar-refractivity contribution in [3.8, 4) is 17.2 Å². The number of nitrogens with zero attached hydrogens (tertiary/aromatic N) is 3. The molecule has 0 saturated carbocycles. The number of sulfonamides is 1. The molecule has 3 aromatic rings. The van der Waals surface area contributed by atoms with Crippen molar-refractivity contribution in [3.63, 3.8) is 0 Å². The van der Waals surface area contributed by atoms with Crippen LogP contribution < -0.4 is 4.74 Å². The van der Waals surface area contributed by atoms with Crippen LogP contribution in [0.3, 0.4) is 0 Å². The highest BCUT2D eigenvalue weighted by Gasteiger charge is 2.32. The number of aromatic nitrogens is 2. The van der Waals surface area contributed by atoms with Gasteiger partial charge in [-0.05, 0) is 62.6 Å². The number of hydrogen-bond acceptors (Lipinski definition) is 6. The van der Waals surface area contributed by atoms with Crippen LogP contribution in [0.4, 0.5) is 0 Å². The fourth-order valence-corrected chi connectivity index (χ4v) is 5.27. The zero-order valence-electron chi connectivity index (χ0n) is 17.3. The third kappa shape index (κ3) is 3.97. The highest BCUT2D eigenvalue weighted by Crippen LogP contribution is 2.32. The maximum absolute atomic E-state index is 13.0. The summed E-state index contributed by atoms with van der Waals surface area (Å²) < 4.78 is 38.7. The van der Waals surface area contributed by atoms with Crippen molar-refractivity contribution in [2.45, 2.75) is 37.5 Å². The van der Waals surface area contributed by atoms with Gasteiger partial charge in [0, 0.05) is 24.6 Å². The lowest BCUT2D eigenvalue weighted by Gasteiger charge is -2.29. The van der Waals surface area contributed by atoms with Crippen LogP contribution in [0.25, 0.3) is 11.5 Å². The van der Waals surface area contributed by atoms with E-state index in [0.717, 1.165) is 11.1 Å². The van der Waals surface area contributed by atoms with Crippen molar-refractivity contribution in [2.24, 2.45) is 0 Å². The SMILES string of the molecule is COc1ccc(S(=O)(=O)N2CCC(c3nnc(-c4ccc(C)cc4)o3)CC2)cc1C. The minimum atomic E-state index is -3.55. The maximum atomic E-state index is 13.0. The molecule has 0 amide bonds. The number of hydrogen-bond donors (Lipinski definition) is 0. The lowest BCUT2D eigenvalue weighted by atomic mass is 9.98. The first-order valence-electron chi connectivity index (χ1n) is 9.93. The van der Waals surface area contributed by atoms with Gasteiger partial charge >= 0.3 is 0 Å². The Hall–Kier alpha value is -2.71. The van der Waals surface area contributed by atoms with Gasteiger partial charge in [-0.3, -0.25) is 0 Å². The summed E-state index contributed by atoms with van der Waals surface area (Å²) in [5, 5.41) is 8.39. The van der Waals surface area contributed by atoms with Crippen LogP contribution in [0, 0.1) is 13.8 Å². The van der Waals surface area contributed by atoms with Crippen molar-refractivity contribution < 1.29 is 17.6 Å². The Morgan fingerprint density at radius 3 is 2.37 bits per heavy atom. The quantitative estimate of drug-likeness (QED) is 0.613. The molecule has 2 aromatic carbocycles. The predicted octanol–water partition coefficient (Wildman–Crippen LogP) is 3.93. The van der Waals surface area contributed by atoms with Crippen LogP contribution in [0.5, 0.6) is 5.75 Å². The van der Waals surface area contributed by atoms with Gasteiger partial charge in [0.05, 0.1) is 12.0 Å². The van der Waals surface area contributed by atoms with Crippen LogP contribution in [-0.4, -0.2) is 43.1 Å². The molecule has 158 valence electrons. The minimum absolute atomic E-state index is 0.0563. The summed E-state index contributed by atoms with van der Waals surface area (Å²) in [5.41, 5.74) is 2.84. The van der Waals surface area contributed by atoms with Gasteiger partial charge in [0.1, 0.15) is 5.75 Å². The van der Waals surface area contributed by atoms with E-state index in [1.54, 1.807) is 25.3 Å². The Morgan fingerprint density at radius 1 is 1.03 bits per heavy atom. The number of piperidine rings is 1. The molecule has 1 fully saturated rings. The van der Waals surface area contributed by atoms with E-state index in [1.165, 1.54) is 9.87 Å². The van der Waals surface area contributed by atoms with Crippen LogP contribution in [-0.2, 0) is 10.0 Å². The van der Waals surface area contributed by atoms with Gasteiger partial charge in [-0.25, -0.2) is 8.42 Å². The Balaban J connectivity index is 1.45. The number of methoxy groups -OCH3 is 1. The summed E-state index contributed by atoms with van der Waals surface area (Å²) in [6.07, 6.45) is 1.29. The van der Waals surface area contributed by atoms with Crippen molar-refractivity contribution in [3.05, 3.63) is 59.5 Å². The third-order valence-electron chi connectivity index (χ3n) is 5.55. The van der Waals surface area contributed by atoms with Gasteiger partial charge in [-0.15, -0.1) is 10.2 Å². The van der Waals surface area contributed by atoms with Crippen molar-refractivity contribution >= 4 is 10.0 Å². The van der Waals surface area contributed by atoms with Crippen LogP contribution in [0.1, 0.15) is 35.8 Å². The molecule has 7 nitrogen and oxygen atoms in total.